The van der Waals surface area contributed by atoms with E-state index in [1.165, 1.54) is 32.1 Å². The number of hydrogen-bond donors (Lipinski definition) is 2. The van der Waals surface area contributed by atoms with Gasteiger partial charge >= 0.3 is 0 Å². The number of carbonyl (C=O) groups excluding carboxylic acids is 1. The quantitative estimate of drug-likeness (QED) is 0.757. The maximum Gasteiger partial charge on any atom is 0.234 e. The summed E-state index contributed by atoms with van der Waals surface area (Å²) in [5.74, 6) is 1.79. The lowest BCUT2D eigenvalue weighted by molar-refractivity contribution is -0.123. The van der Waals surface area contributed by atoms with Gasteiger partial charge in [0.15, 0.2) is 0 Å². The van der Waals surface area contributed by atoms with Crippen molar-refractivity contribution in [3.8, 4) is 0 Å². The normalized spacial score (nSPS) is 29.7. The number of likely N-dealkylation sites (tertiary alicyclic amines) is 1. The van der Waals surface area contributed by atoms with Crippen LogP contribution in [0.5, 0.6) is 0 Å². The molecular formula is C13H24N2O2. The Hall–Kier alpha value is -0.610. The van der Waals surface area contributed by atoms with E-state index in [9.17, 15) is 4.79 Å². The Balaban J connectivity index is 1.73. The molecule has 1 saturated carbocycles. The summed E-state index contributed by atoms with van der Waals surface area (Å²) in [6.45, 7) is 3.06. The topological polar surface area (TPSA) is 52.6 Å². The van der Waals surface area contributed by atoms with E-state index in [1.807, 2.05) is 0 Å². The van der Waals surface area contributed by atoms with Gasteiger partial charge in [-0.05, 0) is 31.2 Å². The zero-order valence-electron chi connectivity index (χ0n) is 10.5. The first-order valence-corrected chi connectivity index (χ1v) is 6.89. The molecule has 1 aliphatic carbocycles. The number of carbonyl (C=O) groups is 1. The van der Waals surface area contributed by atoms with Crippen molar-refractivity contribution in [2.75, 3.05) is 32.8 Å². The predicted molar refractivity (Wildman–Crippen MR) is 66.6 cm³/mol. The van der Waals surface area contributed by atoms with Crippen LogP contribution in [-0.4, -0.2) is 48.7 Å². The highest BCUT2D eigenvalue weighted by Gasteiger charge is 2.31. The first-order valence-electron chi connectivity index (χ1n) is 6.89. The van der Waals surface area contributed by atoms with E-state index in [2.05, 4.69) is 10.2 Å². The molecule has 2 N–H and O–H groups in total. The molecule has 2 rings (SSSR count). The van der Waals surface area contributed by atoms with Gasteiger partial charge in [0.25, 0.3) is 0 Å². The number of nitrogens with zero attached hydrogens (tertiary/aromatic N) is 1. The fourth-order valence-corrected chi connectivity index (χ4v) is 3.27. The highest BCUT2D eigenvalue weighted by Crippen LogP contribution is 2.35. The summed E-state index contributed by atoms with van der Waals surface area (Å²) in [5, 5.41) is 11.4. The second kappa shape index (κ2) is 6.36. The number of piperidine rings is 1. The van der Waals surface area contributed by atoms with Crippen LogP contribution in [0.2, 0.25) is 0 Å². The molecule has 98 valence electrons. The van der Waals surface area contributed by atoms with E-state index >= 15 is 0 Å². The molecule has 0 aromatic heterocycles. The number of hydrogen-bond acceptors (Lipinski definition) is 3. The summed E-state index contributed by atoms with van der Waals surface area (Å²) in [7, 11) is 0. The molecule has 2 aliphatic rings. The number of nitrogens with one attached hydrogen (secondary N) is 1. The monoisotopic (exact) mass is 240 g/mol. The van der Waals surface area contributed by atoms with E-state index in [1.54, 1.807) is 0 Å². The van der Waals surface area contributed by atoms with Crippen molar-refractivity contribution < 1.29 is 9.90 Å². The molecule has 0 aromatic carbocycles. The maximum absolute atomic E-state index is 11.6. The van der Waals surface area contributed by atoms with Crippen molar-refractivity contribution in [2.24, 2.45) is 11.8 Å². The van der Waals surface area contributed by atoms with Gasteiger partial charge in [0.05, 0.1) is 13.2 Å². The van der Waals surface area contributed by atoms with Crippen molar-refractivity contribution in [1.82, 2.24) is 10.2 Å². The Bertz CT molecular complexity index is 258. The van der Waals surface area contributed by atoms with Crippen LogP contribution < -0.4 is 5.32 Å². The van der Waals surface area contributed by atoms with Crippen LogP contribution in [0.25, 0.3) is 0 Å². The molecule has 2 fully saturated rings. The summed E-state index contributed by atoms with van der Waals surface area (Å²) in [5.41, 5.74) is 0. The van der Waals surface area contributed by atoms with Crippen molar-refractivity contribution in [3.05, 3.63) is 0 Å². The molecule has 0 bridgehead atoms. The Morgan fingerprint density at radius 2 is 2.00 bits per heavy atom. The number of rotatable bonds is 4. The number of aliphatic hydroxyl groups is 1. The first kappa shape index (κ1) is 12.8. The van der Waals surface area contributed by atoms with E-state index in [0.717, 1.165) is 24.9 Å². The number of amides is 1. The van der Waals surface area contributed by atoms with Gasteiger partial charge in [-0.25, -0.2) is 0 Å². The minimum absolute atomic E-state index is 0.0242. The van der Waals surface area contributed by atoms with Crippen LogP contribution in [-0.2, 0) is 4.79 Å². The van der Waals surface area contributed by atoms with Crippen LogP contribution in [0, 0.1) is 11.8 Å². The van der Waals surface area contributed by atoms with Crippen LogP contribution in [0.3, 0.4) is 0 Å². The second-order valence-corrected chi connectivity index (χ2v) is 5.40. The third-order valence-corrected chi connectivity index (χ3v) is 4.18. The van der Waals surface area contributed by atoms with Crippen LogP contribution in [0.4, 0.5) is 0 Å². The van der Waals surface area contributed by atoms with Crippen LogP contribution >= 0.6 is 0 Å². The van der Waals surface area contributed by atoms with Gasteiger partial charge in [-0.15, -0.1) is 0 Å². The summed E-state index contributed by atoms with van der Waals surface area (Å²) in [4.78, 5) is 13.8. The molecule has 0 spiro atoms. The van der Waals surface area contributed by atoms with E-state index < -0.39 is 0 Å². The van der Waals surface area contributed by atoms with Gasteiger partial charge in [0, 0.05) is 13.1 Å². The Morgan fingerprint density at radius 3 is 2.76 bits per heavy atom. The molecule has 1 saturated heterocycles. The molecule has 4 heteroatoms. The van der Waals surface area contributed by atoms with Gasteiger partial charge in [-0.1, -0.05) is 19.3 Å². The summed E-state index contributed by atoms with van der Waals surface area (Å²) in [6, 6.07) is 0. The van der Waals surface area contributed by atoms with Crippen LogP contribution in [0.1, 0.15) is 32.1 Å². The Morgan fingerprint density at radius 1 is 1.24 bits per heavy atom. The molecule has 2 unspecified atom stereocenters. The maximum atomic E-state index is 11.6. The minimum atomic E-state index is 0.0242. The lowest BCUT2D eigenvalue weighted by atomic mass is 9.75. The molecule has 17 heavy (non-hydrogen) atoms. The van der Waals surface area contributed by atoms with E-state index in [-0.39, 0.29) is 12.5 Å². The largest absolute Gasteiger partial charge is 0.395 e. The lowest BCUT2D eigenvalue weighted by Crippen LogP contribution is -2.46. The zero-order valence-corrected chi connectivity index (χ0v) is 10.5. The van der Waals surface area contributed by atoms with E-state index in [0.29, 0.717) is 13.1 Å². The van der Waals surface area contributed by atoms with Gasteiger partial charge < -0.3 is 10.4 Å². The van der Waals surface area contributed by atoms with Crippen molar-refractivity contribution in [2.45, 2.75) is 32.1 Å². The third kappa shape index (κ3) is 3.68. The molecule has 0 radical (unpaired) electrons. The van der Waals surface area contributed by atoms with Crippen molar-refractivity contribution in [3.63, 3.8) is 0 Å². The molecular weight excluding hydrogens is 216 g/mol. The second-order valence-electron chi connectivity index (χ2n) is 5.40. The van der Waals surface area contributed by atoms with Gasteiger partial charge in [-0.3, -0.25) is 9.69 Å². The van der Waals surface area contributed by atoms with Crippen molar-refractivity contribution in [1.29, 1.82) is 0 Å². The molecule has 2 atom stereocenters. The fraction of sp³-hybridized carbons (Fsp3) is 0.923. The van der Waals surface area contributed by atoms with Crippen molar-refractivity contribution >= 4 is 5.91 Å². The SMILES string of the molecule is O=C(CN1CCC2CCCCC2C1)NCCO. The lowest BCUT2D eigenvalue weighted by Gasteiger charge is -2.41. The van der Waals surface area contributed by atoms with Gasteiger partial charge in [0.2, 0.25) is 5.91 Å². The smallest absolute Gasteiger partial charge is 0.234 e. The number of aliphatic hydroxyl groups excluding tert-OH is 1. The molecule has 1 aliphatic heterocycles. The Kier molecular flexibility index (Phi) is 4.80. The highest BCUT2D eigenvalue weighted by atomic mass is 16.3. The average molecular weight is 240 g/mol. The molecule has 4 nitrogen and oxygen atoms in total. The van der Waals surface area contributed by atoms with Crippen LogP contribution in [0.15, 0.2) is 0 Å². The third-order valence-electron chi connectivity index (χ3n) is 4.18. The predicted octanol–water partition coefficient (Wildman–Crippen LogP) is 0.607. The summed E-state index contributed by atoms with van der Waals surface area (Å²) in [6.07, 6.45) is 6.77. The summed E-state index contributed by atoms with van der Waals surface area (Å²) >= 11 is 0. The minimum Gasteiger partial charge on any atom is -0.395 e. The van der Waals surface area contributed by atoms with Gasteiger partial charge in [-0.2, -0.15) is 0 Å². The molecule has 1 amide bonds. The van der Waals surface area contributed by atoms with Gasteiger partial charge in [0.1, 0.15) is 0 Å². The fourth-order valence-electron chi connectivity index (χ4n) is 3.27. The standard InChI is InChI=1S/C13H24N2O2/c16-8-6-14-13(17)10-15-7-5-11-3-1-2-4-12(11)9-15/h11-12,16H,1-10H2,(H,14,17). The summed E-state index contributed by atoms with van der Waals surface area (Å²) < 4.78 is 0. The molecule has 1 heterocycles. The first-order chi connectivity index (χ1) is 8.29. The average Bonchev–Trinajstić information content (AvgIpc) is 2.36. The Labute approximate surface area is 103 Å². The highest BCUT2D eigenvalue weighted by molar-refractivity contribution is 5.77. The van der Waals surface area contributed by atoms with E-state index in [4.69, 9.17) is 5.11 Å². The molecule has 0 aromatic rings. The number of fused-ring (bicyclic) bond motifs is 1. The zero-order chi connectivity index (χ0) is 12.1.